The van der Waals surface area contributed by atoms with Crippen LogP contribution in [0, 0.1) is 0 Å². The molecule has 0 radical (unpaired) electrons. The number of sulfonamides is 1. The highest BCUT2D eigenvalue weighted by molar-refractivity contribution is 7.89. The third kappa shape index (κ3) is 5.35. The molecule has 0 fully saturated rings. The van der Waals surface area contributed by atoms with Gasteiger partial charge in [-0.2, -0.15) is 0 Å². The highest BCUT2D eigenvalue weighted by atomic mass is 32.2. The second-order valence-corrected chi connectivity index (χ2v) is 8.18. The van der Waals surface area contributed by atoms with E-state index in [0.29, 0.717) is 5.76 Å². The number of primary amides is 2. The molecular weight excluding hydrogens is 424 g/mol. The van der Waals surface area contributed by atoms with Gasteiger partial charge in [0.15, 0.2) is 0 Å². The van der Waals surface area contributed by atoms with E-state index < -0.39 is 27.7 Å². The van der Waals surface area contributed by atoms with Crippen LogP contribution in [0.25, 0.3) is 0 Å². The number of benzene rings is 2. The van der Waals surface area contributed by atoms with Crippen LogP contribution < -0.4 is 21.5 Å². The van der Waals surface area contributed by atoms with E-state index in [1.807, 2.05) is 0 Å². The Labute approximate surface area is 177 Å². The Morgan fingerprint density at radius 2 is 1.48 bits per heavy atom. The molecule has 3 amide bonds. The first-order chi connectivity index (χ1) is 14.7. The number of carbonyl (C=O) groups is 3. The van der Waals surface area contributed by atoms with Crippen LogP contribution in [0.2, 0.25) is 0 Å². The van der Waals surface area contributed by atoms with Crippen LogP contribution in [0.3, 0.4) is 0 Å². The third-order valence-electron chi connectivity index (χ3n) is 4.20. The molecule has 11 heteroatoms. The summed E-state index contributed by atoms with van der Waals surface area (Å²) in [4.78, 5) is 35.3. The van der Waals surface area contributed by atoms with Crippen LogP contribution in [0.15, 0.2) is 70.2 Å². The summed E-state index contributed by atoms with van der Waals surface area (Å²) in [7, 11) is -3.81. The van der Waals surface area contributed by atoms with Gasteiger partial charge in [0.25, 0.3) is 5.91 Å². The summed E-state index contributed by atoms with van der Waals surface area (Å²) >= 11 is 0. The fourth-order valence-corrected chi connectivity index (χ4v) is 3.63. The highest BCUT2D eigenvalue weighted by Gasteiger charge is 2.16. The zero-order valence-corrected chi connectivity index (χ0v) is 16.8. The minimum absolute atomic E-state index is 0.00401. The molecule has 0 saturated carbocycles. The maximum atomic E-state index is 12.5. The molecule has 1 heterocycles. The number of amides is 3. The van der Waals surface area contributed by atoms with Crippen molar-refractivity contribution in [3.8, 4) is 0 Å². The highest BCUT2D eigenvalue weighted by Crippen LogP contribution is 2.17. The van der Waals surface area contributed by atoms with Gasteiger partial charge in [-0.3, -0.25) is 14.4 Å². The van der Waals surface area contributed by atoms with Gasteiger partial charge < -0.3 is 21.2 Å². The van der Waals surface area contributed by atoms with Crippen LogP contribution in [0.5, 0.6) is 0 Å². The molecule has 10 nitrogen and oxygen atoms in total. The third-order valence-corrected chi connectivity index (χ3v) is 5.62. The molecule has 0 bridgehead atoms. The van der Waals surface area contributed by atoms with E-state index >= 15 is 0 Å². The molecule has 0 saturated heterocycles. The van der Waals surface area contributed by atoms with Gasteiger partial charge in [0.05, 0.1) is 17.7 Å². The quantitative estimate of drug-likeness (QED) is 0.408. The van der Waals surface area contributed by atoms with E-state index in [4.69, 9.17) is 15.9 Å². The first-order valence-corrected chi connectivity index (χ1v) is 10.3. The molecule has 0 aliphatic rings. The maximum absolute atomic E-state index is 12.5. The van der Waals surface area contributed by atoms with Crippen molar-refractivity contribution in [1.29, 1.82) is 0 Å². The van der Waals surface area contributed by atoms with Gasteiger partial charge in [-0.25, -0.2) is 13.1 Å². The fourth-order valence-electron chi connectivity index (χ4n) is 2.64. The molecule has 6 N–H and O–H groups in total. The van der Waals surface area contributed by atoms with E-state index in [-0.39, 0.29) is 33.8 Å². The standard InChI is InChI=1S/C20H18N4O6S/c21-18(25)13-8-14(19(22)26)10-15(9-13)24-20(27)12-3-5-17(6-4-12)31(28,29)23-11-16-2-1-7-30-16/h1-10,23H,11H2,(H2,21,25)(H2,22,26)(H,24,27). The molecule has 0 atom stereocenters. The summed E-state index contributed by atoms with van der Waals surface area (Å²) < 4.78 is 32.2. The molecule has 2 aromatic carbocycles. The van der Waals surface area contributed by atoms with Crippen molar-refractivity contribution in [3.05, 3.63) is 83.3 Å². The van der Waals surface area contributed by atoms with Gasteiger partial charge >= 0.3 is 0 Å². The predicted octanol–water partition coefficient (Wildman–Crippen LogP) is 1.21. The number of anilines is 1. The second-order valence-electron chi connectivity index (χ2n) is 6.41. The average molecular weight is 442 g/mol. The topological polar surface area (TPSA) is 175 Å². The van der Waals surface area contributed by atoms with Gasteiger partial charge in [0.2, 0.25) is 21.8 Å². The van der Waals surface area contributed by atoms with E-state index in [1.165, 1.54) is 48.7 Å². The largest absolute Gasteiger partial charge is 0.468 e. The Balaban J connectivity index is 1.74. The van der Waals surface area contributed by atoms with Crippen molar-refractivity contribution >= 4 is 33.4 Å². The summed E-state index contributed by atoms with van der Waals surface area (Å²) in [6.45, 7) is -0.0179. The molecule has 160 valence electrons. The van der Waals surface area contributed by atoms with E-state index in [2.05, 4.69) is 10.0 Å². The fraction of sp³-hybridized carbons (Fsp3) is 0.0500. The monoisotopic (exact) mass is 442 g/mol. The number of rotatable bonds is 8. The Morgan fingerprint density at radius 3 is 2.00 bits per heavy atom. The van der Waals surface area contributed by atoms with Crippen molar-refractivity contribution in [2.75, 3.05) is 5.32 Å². The molecule has 3 rings (SSSR count). The number of nitrogens with one attached hydrogen (secondary N) is 2. The minimum Gasteiger partial charge on any atom is -0.468 e. The zero-order valence-electron chi connectivity index (χ0n) is 16.0. The van der Waals surface area contributed by atoms with Gasteiger partial charge in [0, 0.05) is 22.4 Å². The lowest BCUT2D eigenvalue weighted by molar-refractivity contribution is 0.0994. The van der Waals surface area contributed by atoms with Gasteiger partial charge in [0.1, 0.15) is 5.76 Å². The van der Waals surface area contributed by atoms with Crippen LogP contribution in [0.1, 0.15) is 36.8 Å². The van der Waals surface area contributed by atoms with Crippen molar-refractivity contribution in [1.82, 2.24) is 4.72 Å². The number of furan rings is 1. The molecule has 1 aromatic heterocycles. The molecule has 0 aliphatic heterocycles. The number of nitrogens with two attached hydrogens (primary N) is 2. The average Bonchev–Trinajstić information content (AvgIpc) is 3.26. The lowest BCUT2D eigenvalue weighted by Gasteiger charge is -2.09. The van der Waals surface area contributed by atoms with Crippen molar-refractivity contribution < 1.29 is 27.2 Å². The first-order valence-electron chi connectivity index (χ1n) is 8.84. The van der Waals surface area contributed by atoms with E-state index in [1.54, 1.807) is 12.1 Å². The van der Waals surface area contributed by atoms with Gasteiger partial charge in [-0.15, -0.1) is 0 Å². The van der Waals surface area contributed by atoms with Gasteiger partial charge in [-0.05, 0) is 54.6 Å². The lowest BCUT2D eigenvalue weighted by Crippen LogP contribution is -2.23. The van der Waals surface area contributed by atoms with Crippen LogP contribution in [-0.2, 0) is 16.6 Å². The molecule has 3 aromatic rings. The number of hydrogen-bond donors (Lipinski definition) is 4. The van der Waals surface area contributed by atoms with E-state index in [9.17, 15) is 22.8 Å². The number of carbonyl (C=O) groups excluding carboxylic acids is 3. The molecule has 0 spiro atoms. The van der Waals surface area contributed by atoms with Crippen LogP contribution in [0.4, 0.5) is 5.69 Å². The molecule has 31 heavy (non-hydrogen) atoms. The summed E-state index contributed by atoms with van der Waals surface area (Å²) in [5.41, 5.74) is 10.7. The normalized spacial score (nSPS) is 11.1. The number of hydrogen-bond acceptors (Lipinski definition) is 6. The van der Waals surface area contributed by atoms with Gasteiger partial charge in [-0.1, -0.05) is 0 Å². The predicted molar refractivity (Wildman–Crippen MR) is 111 cm³/mol. The zero-order chi connectivity index (χ0) is 22.6. The molecular formula is C20H18N4O6S. The summed E-state index contributed by atoms with van der Waals surface area (Å²) in [6.07, 6.45) is 1.43. The maximum Gasteiger partial charge on any atom is 0.255 e. The smallest absolute Gasteiger partial charge is 0.255 e. The van der Waals surface area contributed by atoms with Crippen molar-refractivity contribution in [3.63, 3.8) is 0 Å². The van der Waals surface area contributed by atoms with Crippen molar-refractivity contribution in [2.45, 2.75) is 11.4 Å². The van der Waals surface area contributed by atoms with Crippen molar-refractivity contribution in [2.24, 2.45) is 11.5 Å². The Hall–Kier alpha value is -3.96. The summed E-state index contributed by atoms with van der Waals surface area (Å²) in [6, 6.07) is 12.3. The SMILES string of the molecule is NC(=O)c1cc(NC(=O)c2ccc(S(=O)(=O)NCc3ccco3)cc2)cc(C(N)=O)c1. The Kier molecular flexibility index (Phi) is 6.18. The Morgan fingerprint density at radius 1 is 0.871 bits per heavy atom. The van der Waals surface area contributed by atoms with E-state index in [0.717, 1.165) is 0 Å². The molecule has 0 unspecified atom stereocenters. The summed E-state index contributed by atoms with van der Waals surface area (Å²) in [5.74, 6) is -1.73. The summed E-state index contributed by atoms with van der Waals surface area (Å²) in [5, 5.41) is 2.52. The Bertz CT molecular complexity index is 1200. The van der Waals surface area contributed by atoms with Crippen LogP contribution in [-0.4, -0.2) is 26.1 Å². The first kappa shape index (κ1) is 21.7. The van der Waals surface area contributed by atoms with Crippen LogP contribution >= 0.6 is 0 Å². The molecule has 0 aliphatic carbocycles. The second kappa shape index (κ2) is 8.81. The lowest BCUT2D eigenvalue weighted by atomic mass is 10.1. The minimum atomic E-state index is -3.81.